The second kappa shape index (κ2) is 6.02. The molecule has 0 saturated heterocycles. The summed E-state index contributed by atoms with van der Waals surface area (Å²) < 4.78 is 0. The van der Waals surface area contributed by atoms with Crippen LogP contribution < -0.4 is 0 Å². The standard InChI is InChI=1S/C13H11ClO4/c1-8(6-12(15)16)11(13(17)18)7-9-2-4-10(14)5-3-9/h2-7H,1H3,(H,15,16)(H,17,18)/b8-6+,11-7-. The Hall–Kier alpha value is -2.07. The van der Waals surface area contributed by atoms with E-state index >= 15 is 0 Å². The third-order valence-corrected chi connectivity index (χ3v) is 2.43. The van der Waals surface area contributed by atoms with Crippen LogP contribution in [0.3, 0.4) is 0 Å². The maximum atomic E-state index is 11.1. The highest BCUT2D eigenvalue weighted by atomic mass is 35.5. The quantitative estimate of drug-likeness (QED) is 0.649. The highest BCUT2D eigenvalue weighted by Gasteiger charge is 2.10. The lowest BCUT2D eigenvalue weighted by Gasteiger charge is -2.02. The highest BCUT2D eigenvalue weighted by molar-refractivity contribution is 6.30. The fraction of sp³-hybridized carbons (Fsp3) is 0.0769. The first-order chi connectivity index (χ1) is 8.40. The number of rotatable bonds is 4. The van der Waals surface area contributed by atoms with E-state index in [0.29, 0.717) is 10.6 Å². The summed E-state index contributed by atoms with van der Waals surface area (Å²) in [7, 11) is 0. The molecule has 0 saturated carbocycles. The van der Waals surface area contributed by atoms with Crippen molar-refractivity contribution >= 4 is 29.6 Å². The van der Waals surface area contributed by atoms with Gasteiger partial charge in [0.25, 0.3) is 0 Å². The van der Waals surface area contributed by atoms with E-state index in [1.54, 1.807) is 24.3 Å². The highest BCUT2D eigenvalue weighted by Crippen LogP contribution is 2.17. The van der Waals surface area contributed by atoms with Crippen LogP contribution in [-0.2, 0) is 9.59 Å². The smallest absolute Gasteiger partial charge is 0.335 e. The molecule has 0 radical (unpaired) electrons. The average molecular weight is 267 g/mol. The van der Waals surface area contributed by atoms with Crippen LogP contribution in [0.1, 0.15) is 12.5 Å². The Morgan fingerprint density at radius 2 is 1.72 bits per heavy atom. The molecule has 1 rings (SSSR count). The molecule has 0 aromatic heterocycles. The molecule has 1 aromatic rings. The number of carboxylic acids is 2. The van der Waals surface area contributed by atoms with E-state index in [9.17, 15) is 9.59 Å². The van der Waals surface area contributed by atoms with Gasteiger partial charge in [0.15, 0.2) is 0 Å². The maximum Gasteiger partial charge on any atom is 0.335 e. The molecule has 18 heavy (non-hydrogen) atoms. The molecule has 0 aliphatic rings. The summed E-state index contributed by atoms with van der Waals surface area (Å²) in [4.78, 5) is 21.6. The van der Waals surface area contributed by atoms with E-state index < -0.39 is 11.9 Å². The van der Waals surface area contributed by atoms with E-state index in [2.05, 4.69) is 0 Å². The van der Waals surface area contributed by atoms with Crippen molar-refractivity contribution in [3.8, 4) is 0 Å². The van der Waals surface area contributed by atoms with Crippen LogP contribution in [0.4, 0.5) is 0 Å². The zero-order valence-electron chi connectivity index (χ0n) is 9.55. The van der Waals surface area contributed by atoms with Gasteiger partial charge in [0.2, 0.25) is 0 Å². The molecule has 1 aromatic carbocycles. The maximum absolute atomic E-state index is 11.1. The first-order valence-electron chi connectivity index (χ1n) is 5.02. The van der Waals surface area contributed by atoms with Crippen molar-refractivity contribution < 1.29 is 19.8 Å². The Bertz CT molecular complexity index is 526. The second-order valence-corrected chi connectivity index (χ2v) is 4.02. The Kier molecular flexibility index (Phi) is 4.68. The van der Waals surface area contributed by atoms with Gasteiger partial charge in [0.05, 0.1) is 5.57 Å². The molecule has 0 aliphatic heterocycles. The molecular formula is C13H11ClO4. The molecule has 0 atom stereocenters. The van der Waals surface area contributed by atoms with E-state index in [1.165, 1.54) is 13.0 Å². The molecule has 4 nitrogen and oxygen atoms in total. The van der Waals surface area contributed by atoms with Gasteiger partial charge in [-0.05, 0) is 36.3 Å². The van der Waals surface area contributed by atoms with Gasteiger partial charge in [-0.3, -0.25) is 0 Å². The summed E-state index contributed by atoms with van der Waals surface area (Å²) in [6, 6.07) is 6.56. The van der Waals surface area contributed by atoms with Crippen LogP contribution in [0.15, 0.2) is 41.5 Å². The van der Waals surface area contributed by atoms with Crippen molar-refractivity contribution in [2.24, 2.45) is 0 Å². The number of halogens is 1. The zero-order valence-corrected chi connectivity index (χ0v) is 10.3. The topological polar surface area (TPSA) is 74.6 Å². The van der Waals surface area contributed by atoms with Crippen molar-refractivity contribution in [3.05, 3.63) is 52.1 Å². The summed E-state index contributed by atoms with van der Waals surface area (Å²) in [5.41, 5.74) is 0.736. The molecule has 0 heterocycles. The van der Waals surface area contributed by atoms with Crippen molar-refractivity contribution in [1.29, 1.82) is 0 Å². The van der Waals surface area contributed by atoms with Crippen LogP contribution in [0.2, 0.25) is 5.02 Å². The molecule has 0 bridgehead atoms. The Morgan fingerprint density at radius 1 is 1.17 bits per heavy atom. The van der Waals surface area contributed by atoms with Gasteiger partial charge < -0.3 is 10.2 Å². The Balaban J connectivity index is 3.17. The molecule has 0 unspecified atom stereocenters. The number of carboxylic acid groups (broad SMARTS) is 2. The fourth-order valence-corrected chi connectivity index (χ4v) is 1.46. The van der Waals surface area contributed by atoms with E-state index in [4.69, 9.17) is 21.8 Å². The van der Waals surface area contributed by atoms with E-state index in [1.807, 2.05) is 0 Å². The minimum Gasteiger partial charge on any atom is -0.478 e. The second-order valence-electron chi connectivity index (χ2n) is 3.58. The summed E-state index contributed by atoms with van der Waals surface area (Å²) in [5.74, 6) is -2.37. The van der Waals surface area contributed by atoms with Crippen molar-refractivity contribution in [1.82, 2.24) is 0 Å². The molecule has 2 N–H and O–H groups in total. The summed E-state index contributed by atoms with van der Waals surface area (Å²) in [5, 5.41) is 18.2. The van der Waals surface area contributed by atoms with Crippen LogP contribution in [0.25, 0.3) is 6.08 Å². The lowest BCUT2D eigenvalue weighted by Crippen LogP contribution is -2.03. The summed E-state index contributed by atoms with van der Waals surface area (Å²) in [6.07, 6.45) is 2.25. The van der Waals surface area contributed by atoms with Crippen molar-refractivity contribution in [2.75, 3.05) is 0 Å². The van der Waals surface area contributed by atoms with Gasteiger partial charge in [-0.2, -0.15) is 0 Å². The number of hydrogen-bond acceptors (Lipinski definition) is 2. The lowest BCUT2D eigenvalue weighted by atomic mass is 10.0. The van der Waals surface area contributed by atoms with Crippen molar-refractivity contribution in [3.63, 3.8) is 0 Å². The van der Waals surface area contributed by atoms with Crippen molar-refractivity contribution in [2.45, 2.75) is 6.92 Å². The number of hydrogen-bond donors (Lipinski definition) is 2. The molecular weight excluding hydrogens is 256 g/mol. The zero-order chi connectivity index (χ0) is 13.7. The van der Waals surface area contributed by atoms with Crippen LogP contribution >= 0.6 is 11.6 Å². The SMILES string of the molecule is CC(=C\C(=O)O)/C(=C/c1ccc(Cl)cc1)C(=O)O. The molecule has 5 heteroatoms. The number of aliphatic carboxylic acids is 2. The summed E-state index contributed by atoms with van der Waals surface area (Å²) in [6.45, 7) is 1.43. The van der Waals surface area contributed by atoms with Gasteiger partial charge in [-0.15, -0.1) is 0 Å². The molecule has 94 valence electrons. The first-order valence-corrected chi connectivity index (χ1v) is 5.40. The van der Waals surface area contributed by atoms with Crippen LogP contribution in [0, 0.1) is 0 Å². The van der Waals surface area contributed by atoms with E-state index in [-0.39, 0.29) is 11.1 Å². The van der Waals surface area contributed by atoms with Crippen LogP contribution in [-0.4, -0.2) is 22.2 Å². The normalized spacial score (nSPS) is 12.3. The average Bonchev–Trinajstić information content (AvgIpc) is 2.26. The third-order valence-electron chi connectivity index (χ3n) is 2.18. The minimum absolute atomic E-state index is 0.0697. The third kappa shape index (κ3) is 4.07. The molecule has 0 aliphatic carbocycles. The number of carbonyl (C=O) groups is 2. The van der Waals surface area contributed by atoms with E-state index in [0.717, 1.165) is 6.08 Å². The largest absolute Gasteiger partial charge is 0.478 e. The van der Waals surface area contributed by atoms with Gasteiger partial charge in [-0.25, -0.2) is 9.59 Å². The first kappa shape index (κ1) is 14.0. The molecule has 0 fully saturated rings. The monoisotopic (exact) mass is 266 g/mol. The predicted molar refractivity (Wildman–Crippen MR) is 68.5 cm³/mol. The molecule has 0 amide bonds. The van der Waals surface area contributed by atoms with Gasteiger partial charge >= 0.3 is 11.9 Å². The molecule has 0 spiro atoms. The van der Waals surface area contributed by atoms with Gasteiger partial charge in [-0.1, -0.05) is 23.7 Å². The van der Waals surface area contributed by atoms with Crippen LogP contribution in [0.5, 0.6) is 0 Å². The minimum atomic E-state index is -1.18. The van der Waals surface area contributed by atoms with Gasteiger partial charge in [0, 0.05) is 11.1 Å². The predicted octanol–water partition coefficient (Wildman–Crippen LogP) is 2.84. The lowest BCUT2D eigenvalue weighted by molar-refractivity contribution is -0.132. The Labute approximate surface area is 109 Å². The Morgan fingerprint density at radius 3 is 2.17 bits per heavy atom. The fourth-order valence-electron chi connectivity index (χ4n) is 1.33. The summed E-state index contributed by atoms with van der Waals surface area (Å²) >= 11 is 5.72. The van der Waals surface area contributed by atoms with Gasteiger partial charge in [0.1, 0.15) is 0 Å². The number of benzene rings is 1.